The standard InChI is InChI=1S/C17H19N/c1-2-3-4-8-13-9-7-12-16-17(13)14-10-5-6-11-15(14)18-16/h5-7,9-12,18H,2-4,8H2,1H3. The summed E-state index contributed by atoms with van der Waals surface area (Å²) in [5.74, 6) is 0. The molecule has 0 saturated carbocycles. The number of H-pyrrole nitrogens is 1. The third-order valence-corrected chi connectivity index (χ3v) is 3.67. The van der Waals surface area contributed by atoms with Gasteiger partial charge in [0.15, 0.2) is 0 Å². The van der Waals surface area contributed by atoms with Crippen LogP contribution in [0.2, 0.25) is 0 Å². The van der Waals surface area contributed by atoms with Crippen molar-refractivity contribution in [2.75, 3.05) is 0 Å². The summed E-state index contributed by atoms with van der Waals surface area (Å²) in [4.78, 5) is 3.51. The monoisotopic (exact) mass is 237 g/mol. The van der Waals surface area contributed by atoms with Crippen molar-refractivity contribution in [1.82, 2.24) is 4.98 Å². The highest BCUT2D eigenvalue weighted by Gasteiger charge is 2.07. The van der Waals surface area contributed by atoms with E-state index in [0.29, 0.717) is 0 Å². The lowest BCUT2D eigenvalue weighted by Gasteiger charge is -2.03. The van der Waals surface area contributed by atoms with Crippen LogP contribution in [0.25, 0.3) is 21.8 Å². The van der Waals surface area contributed by atoms with E-state index in [-0.39, 0.29) is 0 Å². The molecule has 1 N–H and O–H groups in total. The summed E-state index contributed by atoms with van der Waals surface area (Å²) in [6.45, 7) is 2.26. The molecule has 0 amide bonds. The molecule has 18 heavy (non-hydrogen) atoms. The van der Waals surface area contributed by atoms with Crippen LogP contribution in [0.5, 0.6) is 0 Å². The highest BCUT2D eigenvalue weighted by atomic mass is 14.7. The molecule has 0 saturated heterocycles. The molecule has 0 aliphatic rings. The molecule has 0 aliphatic carbocycles. The number of nitrogens with one attached hydrogen (secondary N) is 1. The summed E-state index contributed by atoms with van der Waals surface area (Å²) in [5, 5.41) is 2.78. The number of fused-ring (bicyclic) bond motifs is 3. The maximum atomic E-state index is 3.51. The van der Waals surface area contributed by atoms with Crippen molar-refractivity contribution in [1.29, 1.82) is 0 Å². The Morgan fingerprint density at radius 1 is 0.889 bits per heavy atom. The summed E-state index contributed by atoms with van der Waals surface area (Å²) in [6.07, 6.45) is 5.07. The van der Waals surface area contributed by atoms with E-state index in [1.54, 1.807) is 0 Å². The largest absolute Gasteiger partial charge is 0.355 e. The van der Waals surface area contributed by atoms with E-state index < -0.39 is 0 Å². The molecule has 0 bridgehead atoms. The molecule has 0 radical (unpaired) electrons. The van der Waals surface area contributed by atoms with Crippen LogP contribution < -0.4 is 0 Å². The molecule has 1 nitrogen and oxygen atoms in total. The maximum absolute atomic E-state index is 3.51. The lowest BCUT2D eigenvalue weighted by atomic mass is 10.0. The molecular weight excluding hydrogens is 218 g/mol. The lowest BCUT2D eigenvalue weighted by Crippen LogP contribution is -1.86. The van der Waals surface area contributed by atoms with Gasteiger partial charge in [-0.1, -0.05) is 50.1 Å². The third kappa shape index (κ3) is 1.90. The van der Waals surface area contributed by atoms with Gasteiger partial charge in [0, 0.05) is 21.8 Å². The average molecular weight is 237 g/mol. The number of hydrogen-bond acceptors (Lipinski definition) is 0. The Morgan fingerprint density at radius 2 is 1.72 bits per heavy atom. The number of aryl methyl sites for hydroxylation is 1. The number of para-hydroxylation sites is 1. The van der Waals surface area contributed by atoms with Crippen LogP contribution in [0.3, 0.4) is 0 Å². The second-order valence-electron chi connectivity index (χ2n) is 4.97. The van der Waals surface area contributed by atoms with Crippen LogP contribution in [-0.4, -0.2) is 4.98 Å². The summed E-state index contributed by atoms with van der Waals surface area (Å²) in [6, 6.07) is 15.2. The van der Waals surface area contributed by atoms with Crippen molar-refractivity contribution in [3.05, 3.63) is 48.0 Å². The van der Waals surface area contributed by atoms with Crippen molar-refractivity contribution in [2.45, 2.75) is 32.6 Å². The van der Waals surface area contributed by atoms with Gasteiger partial charge in [0.1, 0.15) is 0 Å². The first-order valence-corrected chi connectivity index (χ1v) is 6.88. The molecule has 0 spiro atoms. The van der Waals surface area contributed by atoms with Gasteiger partial charge in [-0.2, -0.15) is 0 Å². The number of rotatable bonds is 4. The fourth-order valence-electron chi connectivity index (χ4n) is 2.75. The van der Waals surface area contributed by atoms with Gasteiger partial charge in [0.25, 0.3) is 0 Å². The second kappa shape index (κ2) is 4.85. The van der Waals surface area contributed by atoms with Crippen LogP contribution in [0.1, 0.15) is 31.7 Å². The smallest absolute Gasteiger partial charge is 0.0467 e. The Kier molecular flexibility index (Phi) is 3.06. The van der Waals surface area contributed by atoms with E-state index >= 15 is 0 Å². The Bertz CT molecular complexity index is 663. The van der Waals surface area contributed by atoms with Gasteiger partial charge >= 0.3 is 0 Å². The van der Waals surface area contributed by atoms with E-state index in [4.69, 9.17) is 0 Å². The van der Waals surface area contributed by atoms with Gasteiger partial charge < -0.3 is 4.98 Å². The first-order chi connectivity index (χ1) is 8.90. The van der Waals surface area contributed by atoms with Crippen molar-refractivity contribution in [3.8, 4) is 0 Å². The van der Waals surface area contributed by atoms with Crippen LogP contribution in [0, 0.1) is 0 Å². The zero-order valence-corrected chi connectivity index (χ0v) is 10.9. The molecular formula is C17H19N. The van der Waals surface area contributed by atoms with Gasteiger partial charge in [-0.15, -0.1) is 0 Å². The zero-order valence-electron chi connectivity index (χ0n) is 10.9. The topological polar surface area (TPSA) is 15.8 Å². The summed E-state index contributed by atoms with van der Waals surface area (Å²) < 4.78 is 0. The third-order valence-electron chi connectivity index (χ3n) is 3.67. The van der Waals surface area contributed by atoms with Gasteiger partial charge in [-0.3, -0.25) is 0 Å². The number of aromatic amines is 1. The van der Waals surface area contributed by atoms with E-state index in [2.05, 4.69) is 54.4 Å². The fraction of sp³-hybridized carbons (Fsp3) is 0.294. The molecule has 2 aromatic carbocycles. The first kappa shape index (κ1) is 11.3. The summed E-state index contributed by atoms with van der Waals surface area (Å²) in [7, 11) is 0. The molecule has 92 valence electrons. The van der Waals surface area contributed by atoms with Crippen LogP contribution >= 0.6 is 0 Å². The van der Waals surface area contributed by atoms with E-state index in [1.165, 1.54) is 53.1 Å². The predicted molar refractivity (Wildman–Crippen MR) is 79.0 cm³/mol. The molecule has 0 aliphatic heterocycles. The second-order valence-corrected chi connectivity index (χ2v) is 4.97. The van der Waals surface area contributed by atoms with Crippen molar-refractivity contribution in [3.63, 3.8) is 0 Å². The van der Waals surface area contributed by atoms with Gasteiger partial charge in [0.05, 0.1) is 0 Å². The predicted octanol–water partition coefficient (Wildman–Crippen LogP) is 5.05. The Hall–Kier alpha value is -1.76. The number of hydrogen-bond donors (Lipinski definition) is 1. The summed E-state index contributed by atoms with van der Waals surface area (Å²) in [5.41, 5.74) is 4.00. The number of unbranched alkanes of at least 4 members (excludes halogenated alkanes) is 2. The van der Waals surface area contributed by atoms with Gasteiger partial charge in [-0.25, -0.2) is 0 Å². The molecule has 0 fully saturated rings. The minimum Gasteiger partial charge on any atom is -0.355 e. The normalized spacial score (nSPS) is 11.4. The number of aromatic nitrogens is 1. The highest BCUT2D eigenvalue weighted by Crippen LogP contribution is 2.29. The van der Waals surface area contributed by atoms with Gasteiger partial charge in [-0.05, 0) is 30.5 Å². The Labute approximate surface area is 108 Å². The Morgan fingerprint density at radius 3 is 2.61 bits per heavy atom. The molecule has 0 atom stereocenters. The van der Waals surface area contributed by atoms with Crippen LogP contribution in [0.15, 0.2) is 42.5 Å². The van der Waals surface area contributed by atoms with E-state index in [9.17, 15) is 0 Å². The van der Waals surface area contributed by atoms with Crippen LogP contribution in [0.4, 0.5) is 0 Å². The minimum absolute atomic E-state index is 1.19. The molecule has 1 heterocycles. The summed E-state index contributed by atoms with van der Waals surface area (Å²) >= 11 is 0. The van der Waals surface area contributed by atoms with Crippen molar-refractivity contribution >= 4 is 21.8 Å². The zero-order chi connectivity index (χ0) is 12.4. The highest BCUT2D eigenvalue weighted by molar-refractivity contribution is 6.08. The molecule has 3 aromatic rings. The quantitative estimate of drug-likeness (QED) is 0.611. The lowest BCUT2D eigenvalue weighted by molar-refractivity contribution is 0.720. The molecule has 0 unspecified atom stereocenters. The molecule has 3 rings (SSSR count). The van der Waals surface area contributed by atoms with E-state index in [1.807, 2.05) is 0 Å². The minimum atomic E-state index is 1.19. The average Bonchev–Trinajstić information content (AvgIpc) is 2.78. The molecule has 1 heteroatoms. The maximum Gasteiger partial charge on any atom is 0.0467 e. The van der Waals surface area contributed by atoms with Gasteiger partial charge in [0.2, 0.25) is 0 Å². The van der Waals surface area contributed by atoms with Crippen LogP contribution in [-0.2, 0) is 6.42 Å². The van der Waals surface area contributed by atoms with E-state index in [0.717, 1.165) is 0 Å². The first-order valence-electron chi connectivity index (χ1n) is 6.88. The Balaban J connectivity index is 2.13. The SMILES string of the molecule is CCCCCc1cccc2[nH]c3ccccc3c12. The molecule has 1 aromatic heterocycles. The van der Waals surface area contributed by atoms with Crippen molar-refractivity contribution < 1.29 is 0 Å². The fourth-order valence-corrected chi connectivity index (χ4v) is 2.75. The number of benzene rings is 2. The van der Waals surface area contributed by atoms with Crippen molar-refractivity contribution in [2.24, 2.45) is 0 Å².